The second-order valence-electron chi connectivity index (χ2n) is 5.97. The first kappa shape index (κ1) is 11.8. The van der Waals surface area contributed by atoms with Crippen LogP contribution in [-0.4, -0.2) is 11.9 Å². The minimum absolute atomic E-state index is 0.0749. The van der Waals surface area contributed by atoms with E-state index in [9.17, 15) is 4.79 Å². The molecule has 1 N–H and O–H groups in total. The quantitative estimate of drug-likeness (QED) is 0.867. The van der Waals surface area contributed by atoms with Gasteiger partial charge in [-0.1, -0.05) is 24.6 Å². The Balaban J connectivity index is 1.61. The molecule has 1 aromatic carbocycles. The Bertz CT molecular complexity index is 428. The summed E-state index contributed by atoms with van der Waals surface area (Å²) in [5.74, 6) is 2.58. The van der Waals surface area contributed by atoms with Gasteiger partial charge in [-0.3, -0.25) is 4.79 Å². The van der Waals surface area contributed by atoms with Crippen molar-refractivity contribution in [1.82, 2.24) is 5.32 Å². The molecule has 18 heavy (non-hydrogen) atoms. The number of hydrogen-bond donors (Lipinski definition) is 1. The predicted molar refractivity (Wildman–Crippen MR) is 72.3 cm³/mol. The summed E-state index contributed by atoms with van der Waals surface area (Å²) in [6, 6.07) is 9.84. The second-order valence-corrected chi connectivity index (χ2v) is 5.97. The van der Waals surface area contributed by atoms with Gasteiger partial charge in [-0.25, -0.2) is 0 Å². The maximum absolute atomic E-state index is 12.1. The standard InChI is InChI=1S/C16H21NO/c1-11(15-10-12-7-8-14(15)9-12)17-16(18)13-5-3-2-4-6-13/h2-6,11-12,14-15H,7-10H2,1H3,(H,17,18). The molecule has 2 aliphatic carbocycles. The van der Waals surface area contributed by atoms with E-state index < -0.39 is 0 Å². The van der Waals surface area contributed by atoms with Gasteiger partial charge in [0.05, 0.1) is 0 Å². The predicted octanol–water partition coefficient (Wildman–Crippen LogP) is 3.24. The highest BCUT2D eigenvalue weighted by Crippen LogP contribution is 2.49. The number of rotatable bonds is 3. The molecule has 2 aliphatic rings. The molecule has 1 amide bonds. The van der Waals surface area contributed by atoms with E-state index in [1.165, 1.54) is 25.7 Å². The molecule has 96 valence electrons. The average Bonchev–Trinajstić information content (AvgIpc) is 3.02. The van der Waals surface area contributed by atoms with Crippen molar-refractivity contribution in [2.75, 3.05) is 0 Å². The Morgan fingerprint density at radius 1 is 1.22 bits per heavy atom. The third-order valence-electron chi connectivity index (χ3n) is 4.83. The Morgan fingerprint density at radius 3 is 2.61 bits per heavy atom. The van der Waals surface area contributed by atoms with Gasteiger partial charge in [0.25, 0.3) is 5.91 Å². The number of amides is 1. The molecule has 2 heteroatoms. The second kappa shape index (κ2) is 4.75. The molecule has 0 aliphatic heterocycles. The Kier molecular flexibility index (Phi) is 3.11. The zero-order valence-electron chi connectivity index (χ0n) is 10.9. The molecule has 0 saturated heterocycles. The summed E-state index contributed by atoms with van der Waals surface area (Å²) in [6.45, 7) is 2.17. The lowest BCUT2D eigenvalue weighted by Crippen LogP contribution is -2.40. The number of carbonyl (C=O) groups is 1. The Morgan fingerprint density at radius 2 is 2.00 bits per heavy atom. The SMILES string of the molecule is CC(NC(=O)c1ccccc1)C1CC2CCC1C2. The van der Waals surface area contributed by atoms with Gasteiger partial charge in [0.1, 0.15) is 0 Å². The summed E-state index contributed by atoms with van der Waals surface area (Å²) in [5, 5.41) is 3.18. The van der Waals surface area contributed by atoms with Crippen molar-refractivity contribution in [3.05, 3.63) is 35.9 Å². The van der Waals surface area contributed by atoms with Crippen molar-refractivity contribution in [1.29, 1.82) is 0 Å². The summed E-state index contributed by atoms with van der Waals surface area (Å²) in [7, 11) is 0. The molecule has 2 saturated carbocycles. The molecule has 3 rings (SSSR count). The summed E-state index contributed by atoms with van der Waals surface area (Å²) < 4.78 is 0. The number of benzene rings is 1. The molecule has 0 spiro atoms. The molecule has 2 fully saturated rings. The van der Waals surface area contributed by atoms with Crippen molar-refractivity contribution < 1.29 is 4.79 Å². The zero-order chi connectivity index (χ0) is 12.5. The molecular weight excluding hydrogens is 222 g/mol. The van der Waals surface area contributed by atoms with Crippen molar-refractivity contribution in [3.8, 4) is 0 Å². The van der Waals surface area contributed by atoms with E-state index in [2.05, 4.69) is 12.2 Å². The van der Waals surface area contributed by atoms with Gasteiger partial charge in [-0.05, 0) is 56.1 Å². The molecular formula is C16H21NO. The summed E-state index contributed by atoms with van der Waals surface area (Å²) >= 11 is 0. The van der Waals surface area contributed by atoms with Crippen LogP contribution in [0.4, 0.5) is 0 Å². The van der Waals surface area contributed by atoms with Crippen molar-refractivity contribution in [3.63, 3.8) is 0 Å². The third kappa shape index (κ3) is 2.16. The first-order valence-electron chi connectivity index (χ1n) is 7.10. The van der Waals surface area contributed by atoms with E-state index in [0.717, 1.165) is 17.4 Å². The lowest BCUT2D eigenvalue weighted by Gasteiger charge is -2.28. The molecule has 0 aromatic heterocycles. The fraction of sp³-hybridized carbons (Fsp3) is 0.562. The minimum Gasteiger partial charge on any atom is -0.349 e. The molecule has 0 heterocycles. The topological polar surface area (TPSA) is 29.1 Å². The average molecular weight is 243 g/mol. The molecule has 0 radical (unpaired) electrons. The third-order valence-corrected chi connectivity index (χ3v) is 4.83. The number of fused-ring (bicyclic) bond motifs is 2. The van der Waals surface area contributed by atoms with Crippen LogP contribution in [0.25, 0.3) is 0 Å². The molecule has 2 nitrogen and oxygen atoms in total. The first-order valence-corrected chi connectivity index (χ1v) is 7.10. The lowest BCUT2D eigenvalue weighted by atomic mass is 9.84. The fourth-order valence-electron chi connectivity index (χ4n) is 3.89. The van der Waals surface area contributed by atoms with Gasteiger partial charge in [-0.2, -0.15) is 0 Å². The van der Waals surface area contributed by atoms with Gasteiger partial charge < -0.3 is 5.32 Å². The van der Waals surface area contributed by atoms with Gasteiger partial charge in [0.2, 0.25) is 0 Å². The van der Waals surface area contributed by atoms with Crippen LogP contribution >= 0.6 is 0 Å². The van der Waals surface area contributed by atoms with Crippen LogP contribution in [0.1, 0.15) is 43.0 Å². The first-order chi connectivity index (χ1) is 8.74. The Labute approximate surface area is 109 Å². The monoisotopic (exact) mass is 243 g/mol. The van der Waals surface area contributed by atoms with Crippen molar-refractivity contribution >= 4 is 5.91 Å². The lowest BCUT2D eigenvalue weighted by molar-refractivity contribution is 0.0915. The summed E-state index contributed by atoms with van der Waals surface area (Å²) in [5.41, 5.74) is 0.771. The number of nitrogens with one attached hydrogen (secondary N) is 1. The van der Waals surface area contributed by atoms with Crippen molar-refractivity contribution in [2.45, 2.75) is 38.6 Å². The Hall–Kier alpha value is -1.31. The van der Waals surface area contributed by atoms with Gasteiger partial charge in [-0.15, -0.1) is 0 Å². The smallest absolute Gasteiger partial charge is 0.251 e. The maximum atomic E-state index is 12.1. The molecule has 4 atom stereocenters. The van der Waals surface area contributed by atoms with E-state index in [1.54, 1.807) is 0 Å². The summed E-state index contributed by atoms with van der Waals surface area (Å²) in [4.78, 5) is 12.1. The molecule has 2 bridgehead atoms. The number of hydrogen-bond acceptors (Lipinski definition) is 1. The van der Waals surface area contributed by atoms with E-state index in [-0.39, 0.29) is 5.91 Å². The zero-order valence-corrected chi connectivity index (χ0v) is 10.9. The number of carbonyl (C=O) groups excluding carboxylic acids is 1. The van der Waals surface area contributed by atoms with Crippen molar-refractivity contribution in [2.24, 2.45) is 17.8 Å². The van der Waals surface area contributed by atoms with E-state index >= 15 is 0 Å². The van der Waals surface area contributed by atoms with Crippen LogP contribution in [-0.2, 0) is 0 Å². The van der Waals surface area contributed by atoms with E-state index in [0.29, 0.717) is 12.0 Å². The fourth-order valence-corrected chi connectivity index (χ4v) is 3.89. The van der Waals surface area contributed by atoms with E-state index in [4.69, 9.17) is 0 Å². The highest BCUT2D eigenvalue weighted by atomic mass is 16.1. The largest absolute Gasteiger partial charge is 0.349 e. The maximum Gasteiger partial charge on any atom is 0.251 e. The molecule has 1 aromatic rings. The van der Waals surface area contributed by atoms with Gasteiger partial charge >= 0.3 is 0 Å². The van der Waals surface area contributed by atoms with Crippen LogP contribution in [0.15, 0.2) is 30.3 Å². The molecule has 4 unspecified atom stereocenters. The summed E-state index contributed by atoms with van der Waals surface area (Å²) in [6.07, 6.45) is 5.51. The van der Waals surface area contributed by atoms with Crippen LogP contribution in [0.2, 0.25) is 0 Å². The highest BCUT2D eigenvalue weighted by molar-refractivity contribution is 5.94. The van der Waals surface area contributed by atoms with Crippen LogP contribution < -0.4 is 5.32 Å². The van der Waals surface area contributed by atoms with Crippen LogP contribution in [0.5, 0.6) is 0 Å². The van der Waals surface area contributed by atoms with Crippen LogP contribution in [0.3, 0.4) is 0 Å². The van der Waals surface area contributed by atoms with Gasteiger partial charge in [0.15, 0.2) is 0 Å². The van der Waals surface area contributed by atoms with Crippen LogP contribution in [0, 0.1) is 17.8 Å². The highest BCUT2D eigenvalue weighted by Gasteiger charge is 2.42. The van der Waals surface area contributed by atoms with E-state index in [1.807, 2.05) is 30.3 Å². The van der Waals surface area contributed by atoms with Gasteiger partial charge in [0, 0.05) is 11.6 Å². The normalized spacial score (nSPS) is 31.3. The minimum atomic E-state index is 0.0749.